The molecule has 0 amide bonds. The number of hydrogen-bond donors (Lipinski definition) is 0. The summed E-state index contributed by atoms with van der Waals surface area (Å²) >= 11 is 1.55. The predicted octanol–water partition coefficient (Wildman–Crippen LogP) is 4.22. The first kappa shape index (κ1) is 16.4. The third-order valence-electron chi connectivity index (χ3n) is 3.81. The van der Waals surface area contributed by atoms with Crippen LogP contribution in [0.2, 0.25) is 0 Å². The van der Waals surface area contributed by atoms with Crippen molar-refractivity contribution in [2.24, 2.45) is 0 Å². The topological polar surface area (TPSA) is 66.0 Å². The minimum atomic E-state index is 0.638. The van der Waals surface area contributed by atoms with Crippen LogP contribution < -0.4 is 4.74 Å². The van der Waals surface area contributed by atoms with Crippen LogP contribution in [0.15, 0.2) is 76.7 Å². The minimum absolute atomic E-state index is 0.638. The second-order valence-corrected chi connectivity index (χ2v) is 6.46. The largest absolute Gasteiger partial charge is 0.497 e. The molecule has 26 heavy (non-hydrogen) atoms. The first-order valence-corrected chi connectivity index (χ1v) is 9.00. The van der Waals surface area contributed by atoms with E-state index in [-0.39, 0.29) is 0 Å². The van der Waals surface area contributed by atoms with Crippen LogP contribution >= 0.6 is 11.8 Å². The van der Waals surface area contributed by atoms with Gasteiger partial charge in [0.25, 0.3) is 0 Å². The smallest absolute Gasteiger partial charge is 0.195 e. The van der Waals surface area contributed by atoms with Gasteiger partial charge >= 0.3 is 0 Å². The summed E-state index contributed by atoms with van der Waals surface area (Å²) in [7, 11) is 1.65. The summed E-state index contributed by atoms with van der Waals surface area (Å²) in [5.74, 6) is 2.19. The van der Waals surface area contributed by atoms with Gasteiger partial charge in [0.05, 0.1) is 18.5 Å². The molecule has 2 aromatic heterocycles. The number of nitrogens with zero attached hydrogens (tertiary/aromatic N) is 4. The molecule has 0 saturated heterocycles. The molecule has 7 heteroatoms. The summed E-state index contributed by atoms with van der Waals surface area (Å²) in [5.41, 5.74) is 2.81. The molecule has 0 N–H and O–H groups in total. The Morgan fingerprint density at radius 2 is 1.96 bits per heavy atom. The van der Waals surface area contributed by atoms with E-state index < -0.39 is 0 Å². The fourth-order valence-electron chi connectivity index (χ4n) is 2.52. The Hall–Kier alpha value is -3.06. The molecule has 0 aliphatic heterocycles. The Morgan fingerprint density at radius 1 is 1.08 bits per heavy atom. The molecule has 0 aliphatic rings. The molecule has 0 saturated carbocycles. The van der Waals surface area contributed by atoms with Crippen molar-refractivity contribution in [1.29, 1.82) is 0 Å². The Balaban J connectivity index is 1.49. The molecule has 0 atom stereocenters. The fourth-order valence-corrected chi connectivity index (χ4v) is 3.33. The molecule has 4 aromatic rings. The van der Waals surface area contributed by atoms with E-state index in [2.05, 4.69) is 15.4 Å². The Kier molecular flexibility index (Phi) is 4.70. The van der Waals surface area contributed by atoms with E-state index in [0.717, 1.165) is 33.6 Å². The van der Waals surface area contributed by atoms with E-state index in [4.69, 9.17) is 9.26 Å². The summed E-state index contributed by atoms with van der Waals surface area (Å²) < 4.78 is 12.6. The molecule has 2 heterocycles. The molecular weight excluding hydrogens is 348 g/mol. The minimum Gasteiger partial charge on any atom is -0.497 e. The average Bonchev–Trinajstić information content (AvgIpc) is 3.36. The summed E-state index contributed by atoms with van der Waals surface area (Å²) in [6.45, 7) is 0. The maximum atomic E-state index is 5.44. The normalized spacial score (nSPS) is 10.8. The lowest BCUT2D eigenvalue weighted by Crippen LogP contribution is -1.96. The molecule has 0 spiro atoms. The summed E-state index contributed by atoms with van der Waals surface area (Å²) in [5, 5.41) is 13.2. The van der Waals surface area contributed by atoms with Crippen molar-refractivity contribution >= 4 is 11.8 Å². The lowest BCUT2D eigenvalue weighted by molar-refractivity contribution is 0.414. The van der Waals surface area contributed by atoms with Crippen molar-refractivity contribution in [2.75, 3.05) is 7.11 Å². The average molecular weight is 364 g/mol. The lowest BCUT2D eigenvalue weighted by atomic mass is 10.2. The van der Waals surface area contributed by atoms with Crippen molar-refractivity contribution in [3.05, 3.63) is 72.7 Å². The quantitative estimate of drug-likeness (QED) is 0.477. The number of rotatable bonds is 6. The first-order chi connectivity index (χ1) is 12.8. The summed E-state index contributed by atoms with van der Waals surface area (Å²) in [4.78, 5) is 0. The molecule has 0 bridgehead atoms. The van der Waals surface area contributed by atoms with Gasteiger partial charge in [0.15, 0.2) is 10.9 Å². The van der Waals surface area contributed by atoms with Crippen LogP contribution in [0.1, 0.15) is 5.69 Å². The predicted molar refractivity (Wildman–Crippen MR) is 99.4 cm³/mol. The van der Waals surface area contributed by atoms with Crippen LogP contribution in [0.5, 0.6) is 5.75 Å². The number of aromatic nitrogens is 4. The molecular formula is C19H16N4O2S. The zero-order chi connectivity index (χ0) is 17.8. The highest BCUT2D eigenvalue weighted by molar-refractivity contribution is 7.98. The van der Waals surface area contributed by atoms with Gasteiger partial charge in [-0.05, 0) is 12.1 Å². The van der Waals surface area contributed by atoms with E-state index in [1.807, 2.05) is 65.2 Å². The third-order valence-corrected chi connectivity index (χ3v) is 4.79. The molecule has 0 radical (unpaired) electrons. The van der Waals surface area contributed by atoms with Gasteiger partial charge < -0.3 is 9.26 Å². The second-order valence-electron chi connectivity index (χ2n) is 5.52. The number of benzene rings is 2. The molecule has 0 aliphatic carbocycles. The van der Waals surface area contributed by atoms with Crippen LogP contribution in [-0.2, 0) is 5.75 Å². The van der Waals surface area contributed by atoms with Gasteiger partial charge in [-0.1, -0.05) is 53.3 Å². The zero-order valence-corrected chi connectivity index (χ0v) is 14.9. The maximum absolute atomic E-state index is 5.44. The molecule has 2 aromatic carbocycles. The Bertz CT molecular complexity index is 997. The maximum Gasteiger partial charge on any atom is 0.195 e. The van der Waals surface area contributed by atoms with Crippen LogP contribution in [0.4, 0.5) is 0 Å². The van der Waals surface area contributed by atoms with E-state index in [1.165, 1.54) is 0 Å². The number of hydrogen-bond acceptors (Lipinski definition) is 6. The summed E-state index contributed by atoms with van der Waals surface area (Å²) in [6.07, 6.45) is 1.69. The van der Waals surface area contributed by atoms with Crippen LogP contribution in [-0.4, -0.2) is 27.0 Å². The van der Waals surface area contributed by atoms with Crippen LogP contribution in [0.3, 0.4) is 0 Å². The highest BCUT2D eigenvalue weighted by Crippen LogP contribution is 2.27. The van der Waals surface area contributed by atoms with E-state index in [9.17, 15) is 0 Å². The number of ether oxygens (including phenoxy) is 1. The van der Waals surface area contributed by atoms with Gasteiger partial charge in [0, 0.05) is 23.4 Å². The van der Waals surface area contributed by atoms with Gasteiger partial charge in [-0.2, -0.15) is 0 Å². The highest BCUT2D eigenvalue weighted by Gasteiger charge is 2.11. The second kappa shape index (κ2) is 7.45. The van der Waals surface area contributed by atoms with E-state index >= 15 is 0 Å². The molecule has 4 rings (SSSR count). The third kappa shape index (κ3) is 3.48. The Labute approximate surface area is 154 Å². The highest BCUT2D eigenvalue weighted by atomic mass is 32.2. The van der Waals surface area contributed by atoms with Crippen molar-refractivity contribution in [3.8, 4) is 22.8 Å². The van der Waals surface area contributed by atoms with Gasteiger partial charge in [-0.15, -0.1) is 10.2 Å². The van der Waals surface area contributed by atoms with Gasteiger partial charge in [-0.3, -0.25) is 4.57 Å². The standard InChI is InChI=1S/C19H16N4O2S/c1-24-17-9-5-8-16(11-17)23-13-20-21-19(23)26-12-15-10-18(25-22-15)14-6-3-2-4-7-14/h2-11,13H,12H2,1H3. The van der Waals surface area contributed by atoms with Crippen LogP contribution in [0, 0.1) is 0 Å². The van der Waals surface area contributed by atoms with Crippen LogP contribution in [0.25, 0.3) is 17.0 Å². The SMILES string of the molecule is COc1cccc(-n2cnnc2SCc2cc(-c3ccccc3)on2)c1. The molecule has 6 nitrogen and oxygen atoms in total. The van der Waals surface area contributed by atoms with Crippen molar-refractivity contribution in [2.45, 2.75) is 10.9 Å². The fraction of sp³-hybridized carbons (Fsp3) is 0.105. The van der Waals surface area contributed by atoms with Crippen molar-refractivity contribution in [3.63, 3.8) is 0 Å². The monoisotopic (exact) mass is 364 g/mol. The van der Waals surface area contributed by atoms with Gasteiger partial charge in [0.2, 0.25) is 0 Å². The van der Waals surface area contributed by atoms with E-state index in [1.54, 1.807) is 25.2 Å². The lowest BCUT2D eigenvalue weighted by Gasteiger charge is -2.07. The van der Waals surface area contributed by atoms with E-state index in [0.29, 0.717) is 5.75 Å². The zero-order valence-electron chi connectivity index (χ0n) is 14.1. The number of methoxy groups -OCH3 is 1. The molecule has 0 unspecified atom stereocenters. The molecule has 130 valence electrons. The molecule has 0 fully saturated rings. The van der Waals surface area contributed by atoms with Crippen molar-refractivity contribution < 1.29 is 9.26 Å². The summed E-state index contributed by atoms with van der Waals surface area (Å²) in [6, 6.07) is 19.6. The van der Waals surface area contributed by atoms with Gasteiger partial charge in [-0.25, -0.2) is 0 Å². The van der Waals surface area contributed by atoms with Gasteiger partial charge in [0.1, 0.15) is 12.1 Å². The Morgan fingerprint density at radius 3 is 2.81 bits per heavy atom. The van der Waals surface area contributed by atoms with Crippen molar-refractivity contribution in [1.82, 2.24) is 19.9 Å². The first-order valence-electron chi connectivity index (χ1n) is 8.02. The number of thioether (sulfide) groups is 1.